The second-order valence-corrected chi connectivity index (χ2v) is 8.51. The highest BCUT2D eigenvalue weighted by Crippen LogP contribution is 2.34. The third-order valence-corrected chi connectivity index (χ3v) is 5.68. The Labute approximate surface area is 203 Å². The van der Waals surface area contributed by atoms with Gasteiger partial charge in [0.2, 0.25) is 5.91 Å². The maximum absolute atomic E-state index is 13.6. The molecular weight excluding hydrogens is 440 g/mol. The van der Waals surface area contributed by atoms with Gasteiger partial charge in [0.1, 0.15) is 5.70 Å². The van der Waals surface area contributed by atoms with Crippen LogP contribution >= 0.6 is 0 Å². The summed E-state index contributed by atoms with van der Waals surface area (Å²) >= 11 is 0. The molecule has 35 heavy (non-hydrogen) atoms. The highest BCUT2D eigenvalue weighted by Gasteiger charge is 2.40. The molecule has 1 aliphatic heterocycles. The lowest BCUT2D eigenvalue weighted by Gasteiger charge is -2.15. The fourth-order valence-electron chi connectivity index (χ4n) is 3.85. The zero-order chi connectivity index (χ0) is 25.1. The van der Waals surface area contributed by atoms with Gasteiger partial charge < -0.3 is 10.6 Å². The van der Waals surface area contributed by atoms with Gasteiger partial charge in [0.15, 0.2) is 0 Å². The Bertz CT molecular complexity index is 1360. The van der Waals surface area contributed by atoms with E-state index in [-0.39, 0.29) is 17.2 Å². The van der Waals surface area contributed by atoms with E-state index in [1.807, 2.05) is 30.3 Å². The number of amides is 3. The second kappa shape index (κ2) is 9.65. The maximum Gasteiger partial charge on any atom is 0.282 e. The molecule has 0 unspecified atom stereocenters. The molecule has 7 heteroatoms. The van der Waals surface area contributed by atoms with E-state index < -0.39 is 11.8 Å². The Hall–Kier alpha value is -4.70. The molecule has 0 spiro atoms. The van der Waals surface area contributed by atoms with Crippen LogP contribution < -0.4 is 15.5 Å². The first-order valence-corrected chi connectivity index (χ1v) is 11.2. The second-order valence-electron chi connectivity index (χ2n) is 8.51. The summed E-state index contributed by atoms with van der Waals surface area (Å²) in [5.74, 6) is -0.812. The smallest absolute Gasteiger partial charge is 0.282 e. The van der Waals surface area contributed by atoms with E-state index in [4.69, 9.17) is 5.26 Å². The van der Waals surface area contributed by atoms with Crippen LogP contribution in [-0.2, 0) is 14.4 Å². The summed E-state index contributed by atoms with van der Waals surface area (Å²) in [6.45, 7) is 5.61. The van der Waals surface area contributed by atoms with Crippen molar-refractivity contribution in [3.8, 4) is 6.07 Å². The van der Waals surface area contributed by atoms with Gasteiger partial charge >= 0.3 is 0 Å². The van der Waals surface area contributed by atoms with Crippen LogP contribution in [0.2, 0.25) is 0 Å². The average Bonchev–Trinajstić information content (AvgIpc) is 3.08. The van der Waals surface area contributed by atoms with Gasteiger partial charge in [0, 0.05) is 18.3 Å². The summed E-state index contributed by atoms with van der Waals surface area (Å²) in [5.41, 5.74) is 4.14. The Morgan fingerprint density at radius 2 is 1.46 bits per heavy atom. The van der Waals surface area contributed by atoms with E-state index in [2.05, 4.69) is 24.5 Å². The SMILES string of the molecule is CC(=O)Nc1ccc(C2=C(Nc3ccc(C(C)C)cc3)C(=O)N(c3ccc(C#N)cc3)C2=O)cc1. The number of carbonyl (C=O) groups excluding carboxylic acids is 3. The number of carbonyl (C=O) groups is 3. The van der Waals surface area contributed by atoms with Crippen molar-refractivity contribution < 1.29 is 14.4 Å². The van der Waals surface area contributed by atoms with Gasteiger partial charge in [-0.3, -0.25) is 14.4 Å². The van der Waals surface area contributed by atoms with E-state index in [1.54, 1.807) is 48.5 Å². The monoisotopic (exact) mass is 464 g/mol. The zero-order valence-electron chi connectivity index (χ0n) is 19.6. The summed E-state index contributed by atoms with van der Waals surface area (Å²) in [6.07, 6.45) is 0. The number of imide groups is 1. The van der Waals surface area contributed by atoms with Crippen molar-refractivity contribution in [1.29, 1.82) is 5.26 Å². The van der Waals surface area contributed by atoms with E-state index in [0.717, 1.165) is 10.5 Å². The normalized spacial score (nSPS) is 13.3. The van der Waals surface area contributed by atoms with Crippen LogP contribution in [0.25, 0.3) is 5.57 Å². The minimum atomic E-state index is -0.492. The van der Waals surface area contributed by atoms with Gasteiger partial charge in [-0.15, -0.1) is 0 Å². The number of nitriles is 1. The number of nitrogens with zero attached hydrogens (tertiary/aromatic N) is 2. The molecule has 0 radical (unpaired) electrons. The molecule has 0 saturated heterocycles. The average molecular weight is 465 g/mol. The number of nitrogens with one attached hydrogen (secondary N) is 2. The number of anilines is 3. The number of hydrogen-bond acceptors (Lipinski definition) is 5. The molecule has 0 aromatic heterocycles. The van der Waals surface area contributed by atoms with Crippen LogP contribution in [0, 0.1) is 11.3 Å². The maximum atomic E-state index is 13.6. The lowest BCUT2D eigenvalue weighted by Crippen LogP contribution is -2.32. The molecule has 0 bridgehead atoms. The van der Waals surface area contributed by atoms with Crippen molar-refractivity contribution in [3.63, 3.8) is 0 Å². The molecule has 174 valence electrons. The molecule has 3 amide bonds. The molecule has 7 nitrogen and oxygen atoms in total. The lowest BCUT2D eigenvalue weighted by atomic mass is 10.0. The minimum absolute atomic E-state index is 0.156. The Morgan fingerprint density at radius 3 is 2.00 bits per heavy atom. The predicted molar refractivity (Wildman–Crippen MR) is 135 cm³/mol. The van der Waals surface area contributed by atoms with Gasteiger partial charge in [0.05, 0.1) is 22.9 Å². The van der Waals surface area contributed by atoms with Crippen molar-refractivity contribution in [2.24, 2.45) is 0 Å². The highest BCUT2D eigenvalue weighted by atomic mass is 16.2. The van der Waals surface area contributed by atoms with Gasteiger partial charge in [-0.25, -0.2) is 4.90 Å². The highest BCUT2D eigenvalue weighted by molar-refractivity contribution is 6.46. The van der Waals surface area contributed by atoms with Crippen molar-refractivity contribution in [3.05, 3.63) is 95.2 Å². The summed E-state index contributed by atoms with van der Waals surface area (Å²) in [7, 11) is 0. The summed E-state index contributed by atoms with van der Waals surface area (Å²) in [5, 5.41) is 14.9. The molecule has 1 aliphatic rings. The van der Waals surface area contributed by atoms with Crippen LogP contribution in [-0.4, -0.2) is 17.7 Å². The summed E-state index contributed by atoms with van der Waals surface area (Å²) < 4.78 is 0. The van der Waals surface area contributed by atoms with Gasteiger partial charge in [-0.2, -0.15) is 5.26 Å². The van der Waals surface area contributed by atoms with Crippen LogP contribution in [0.5, 0.6) is 0 Å². The van der Waals surface area contributed by atoms with Gasteiger partial charge in [-0.1, -0.05) is 38.1 Å². The quantitative estimate of drug-likeness (QED) is 0.498. The third kappa shape index (κ3) is 4.82. The van der Waals surface area contributed by atoms with Crippen LogP contribution in [0.3, 0.4) is 0 Å². The van der Waals surface area contributed by atoms with Crippen molar-refractivity contribution >= 4 is 40.4 Å². The molecule has 3 aromatic carbocycles. The molecule has 1 heterocycles. The molecule has 3 aromatic rings. The number of hydrogen-bond donors (Lipinski definition) is 2. The van der Waals surface area contributed by atoms with Crippen molar-refractivity contribution in [2.45, 2.75) is 26.7 Å². The van der Waals surface area contributed by atoms with Gasteiger partial charge in [-0.05, 0) is 65.6 Å². The molecule has 0 aliphatic carbocycles. The fourth-order valence-corrected chi connectivity index (χ4v) is 3.85. The standard InChI is InChI=1S/C28H24N4O3/c1-17(2)20-6-10-23(11-7-20)31-26-25(21-8-12-22(13-9-21)30-18(3)33)27(34)32(28(26)35)24-14-4-19(16-29)5-15-24/h4-15,17,31H,1-3H3,(H,30,33). The first-order chi connectivity index (χ1) is 16.8. The lowest BCUT2D eigenvalue weighted by molar-refractivity contribution is -0.120. The molecule has 2 N–H and O–H groups in total. The van der Waals surface area contributed by atoms with Crippen LogP contribution in [0.4, 0.5) is 17.1 Å². The van der Waals surface area contributed by atoms with E-state index in [1.165, 1.54) is 6.92 Å². The Balaban J connectivity index is 1.75. The van der Waals surface area contributed by atoms with E-state index >= 15 is 0 Å². The van der Waals surface area contributed by atoms with Crippen molar-refractivity contribution in [1.82, 2.24) is 0 Å². The zero-order valence-corrected chi connectivity index (χ0v) is 19.6. The molecule has 0 saturated carbocycles. The van der Waals surface area contributed by atoms with Crippen molar-refractivity contribution in [2.75, 3.05) is 15.5 Å². The molecule has 4 rings (SSSR count). The predicted octanol–water partition coefficient (Wildman–Crippen LogP) is 5.04. The summed E-state index contributed by atoms with van der Waals surface area (Å²) in [4.78, 5) is 39.5. The fraction of sp³-hybridized carbons (Fsp3) is 0.143. The minimum Gasteiger partial charge on any atom is -0.350 e. The van der Waals surface area contributed by atoms with Crippen LogP contribution in [0.15, 0.2) is 78.5 Å². The van der Waals surface area contributed by atoms with Crippen LogP contribution in [0.1, 0.15) is 43.4 Å². The molecule has 0 atom stereocenters. The third-order valence-electron chi connectivity index (χ3n) is 5.68. The van der Waals surface area contributed by atoms with E-state index in [9.17, 15) is 14.4 Å². The topological polar surface area (TPSA) is 102 Å². The molecular formula is C28H24N4O3. The Kier molecular flexibility index (Phi) is 6.47. The van der Waals surface area contributed by atoms with Gasteiger partial charge in [0.25, 0.3) is 11.8 Å². The first kappa shape index (κ1) is 23.5. The largest absolute Gasteiger partial charge is 0.350 e. The number of rotatable bonds is 6. The summed E-state index contributed by atoms with van der Waals surface area (Å²) in [6, 6.07) is 22.8. The molecule has 0 fully saturated rings. The Morgan fingerprint density at radius 1 is 0.857 bits per heavy atom. The first-order valence-electron chi connectivity index (χ1n) is 11.2. The van der Waals surface area contributed by atoms with E-state index in [0.29, 0.717) is 34.1 Å². The number of benzene rings is 3.